The molecule has 0 fully saturated rings. The van der Waals surface area contributed by atoms with Crippen molar-refractivity contribution in [1.82, 2.24) is 4.90 Å². The molecule has 8 heteroatoms. The number of ether oxygens (including phenoxy) is 1. The molecule has 1 amide bonds. The Balaban J connectivity index is 2.13. The smallest absolute Gasteiger partial charge is 0.414 e. The van der Waals surface area contributed by atoms with Gasteiger partial charge in [0.25, 0.3) is 0 Å². The van der Waals surface area contributed by atoms with Crippen LogP contribution in [0.4, 0.5) is 9.18 Å². The molecule has 0 aliphatic carbocycles. The number of aliphatic imine (C=N–C) groups is 1. The second-order valence-electron chi connectivity index (χ2n) is 8.78. The zero-order valence-corrected chi connectivity index (χ0v) is 21.0. The van der Waals surface area contributed by atoms with Gasteiger partial charge in [0, 0.05) is 10.0 Å². The average Bonchev–Trinajstić information content (AvgIpc) is 2.72. The minimum atomic E-state index is -1.13. The van der Waals surface area contributed by atoms with Gasteiger partial charge in [0.05, 0.1) is 13.2 Å². The standard InChI is InChI=1S/C24H26BrFN2O3S/c1-23(2,3)20(15-6-9-17(31-5)10-7-15)28(22(29)30)21-27-24(4,12-13-32-21)18-14-16(25)8-11-19(18)26/h6-14,20H,1-5H3,(H,29,30)/t20-,24?/m1/s1. The van der Waals surface area contributed by atoms with Crippen LogP contribution in [0.25, 0.3) is 0 Å². The molecule has 170 valence electrons. The highest BCUT2D eigenvalue weighted by Crippen LogP contribution is 2.43. The van der Waals surface area contributed by atoms with Gasteiger partial charge in [0.15, 0.2) is 5.17 Å². The van der Waals surface area contributed by atoms with Crippen LogP contribution in [0.1, 0.15) is 44.9 Å². The Kier molecular flexibility index (Phi) is 7.05. The van der Waals surface area contributed by atoms with Gasteiger partial charge in [-0.2, -0.15) is 0 Å². The molecule has 1 N–H and O–H groups in total. The third kappa shape index (κ3) is 5.02. The molecule has 2 atom stereocenters. The quantitative estimate of drug-likeness (QED) is 0.463. The molecular weight excluding hydrogens is 495 g/mol. The average molecular weight is 521 g/mol. The van der Waals surface area contributed by atoms with E-state index in [-0.39, 0.29) is 5.17 Å². The minimum Gasteiger partial charge on any atom is -0.497 e. The number of carboxylic acid groups (broad SMARTS) is 1. The van der Waals surface area contributed by atoms with Gasteiger partial charge in [-0.3, -0.25) is 0 Å². The number of benzene rings is 2. The Labute approximate surface area is 200 Å². The molecule has 3 rings (SSSR count). The molecule has 32 heavy (non-hydrogen) atoms. The highest BCUT2D eigenvalue weighted by molar-refractivity contribution is 9.10. The van der Waals surface area contributed by atoms with Crippen LogP contribution in [0.2, 0.25) is 0 Å². The molecule has 1 unspecified atom stereocenters. The summed E-state index contributed by atoms with van der Waals surface area (Å²) in [5.74, 6) is 0.285. The second kappa shape index (κ2) is 9.27. The maximum Gasteiger partial charge on any atom is 0.414 e. The number of hydrogen-bond acceptors (Lipinski definition) is 4. The lowest BCUT2D eigenvalue weighted by atomic mass is 9.81. The molecule has 0 aromatic heterocycles. The van der Waals surface area contributed by atoms with E-state index in [1.54, 1.807) is 37.7 Å². The molecule has 0 saturated heterocycles. The Bertz CT molecular complexity index is 1070. The number of amides is 1. The fraction of sp³-hybridized carbons (Fsp3) is 0.333. The van der Waals surface area contributed by atoms with Crippen LogP contribution in [0, 0.1) is 11.2 Å². The summed E-state index contributed by atoms with van der Waals surface area (Å²) >= 11 is 4.60. The summed E-state index contributed by atoms with van der Waals surface area (Å²) in [5, 5.41) is 12.3. The zero-order valence-electron chi connectivity index (χ0n) is 18.6. The first kappa shape index (κ1) is 24.3. The van der Waals surface area contributed by atoms with Crippen LogP contribution in [0.15, 0.2) is 63.4 Å². The van der Waals surface area contributed by atoms with Gasteiger partial charge >= 0.3 is 6.09 Å². The number of carbonyl (C=O) groups is 1. The zero-order chi connectivity index (χ0) is 23.7. The van der Waals surface area contributed by atoms with Gasteiger partial charge < -0.3 is 9.84 Å². The third-order valence-electron chi connectivity index (χ3n) is 5.29. The summed E-state index contributed by atoms with van der Waals surface area (Å²) in [6.45, 7) is 7.71. The van der Waals surface area contributed by atoms with Crippen LogP contribution in [-0.2, 0) is 5.54 Å². The van der Waals surface area contributed by atoms with Gasteiger partial charge in [-0.05, 0) is 59.7 Å². The molecule has 1 aliphatic rings. The summed E-state index contributed by atoms with van der Waals surface area (Å²) in [4.78, 5) is 18.6. The summed E-state index contributed by atoms with van der Waals surface area (Å²) in [5.41, 5.74) is -0.323. The SMILES string of the molecule is COc1ccc([C@@H](N(C(=O)O)C2=NC(C)(c3cc(Br)ccc3F)C=CS2)C(C)(C)C)cc1. The Morgan fingerprint density at radius 1 is 1.25 bits per heavy atom. The van der Waals surface area contributed by atoms with E-state index < -0.39 is 28.9 Å². The van der Waals surface area contributed by atoms with E-state index >= 15 is 0 Å². The van der Waals surface area contributed by atoms with Gasteiger partial charge in [-0.25, -0.2) is 19.1 Å². The summed E-state index contributed by atoms with van der Waals surface area (Å²) in [7, 11) is 1.58. The third-order valence-corrected chi connectivity index (χ3v) is 6.55. The monoisotopic (exact) mass is 520 g/mol. The van der Waals surface area contributed by atoms with Crippen molar-refractivity contribution in [2.75, 3.05) is 7.11 Å². The molecule has 1 heterocycles. The van der Waals surface area contributed by atoms with Gasteiger partial charge in [-0.1, -0.05) is 60.6 Å². The van der Waals surface area contributed by atoms with Crippen LogP contribution in [0.5, 0.6) is 5.75 Å². The minimum absolute atomic E-state index is 0.289. The number of methoxy groups -OCH3 is 1. The number of hydrogen-bond donors (Lipinski definition) is 1. The van der Waals surface area contributed by atoms with Crippen molar-refractivity contribution in [1.29, 1.82) is 0 Å². The molecule has 2 aromatic rings. The van der Waals surface area contributed by atoms with E-state index in [0.717, 1.165) is 10.0 Å². The largest absolute Gasteiger partial charge is 0.497 e. The number of nitrogens with zero attached hydrogens (tertiary/aromatic N) is 2. The van der Waals surface area contributed by atoms with E-state index in [9.17, 15) is 14.3 Å². The van der Waals surface area contributed by atoms with Crippen molar-refractivity contribution in [2.24, 2.45) is 10.4 Å². The number of halogens is 2. The molecule has 0 radical (unpaired) electrons. The van der Waals surface area contributed by atoms with Crippen molar-refractivity contribution >= 4 is 39.0 Å². The molecule has 0 saturated carbocycles. The number of amidine groups is 1. The van der Waals surface area contributed by atoms with Crippen LogP contribution < -0.4 is 4.74 Å². The van der Waals surface area contributed by atoms with Crippen LogP contribution >= 0.6 is 27.7 Å². The first-order chi connectivity index (χ1) is 15.0. The Morgan fingerprint density at radius 3 is 2.47 bits per heavy atom. The predicted molar refractivity (Wildman–Crippen MR) is 131 cm³/mol. The summed E-state index contributed by atoms with van der Waals surface area (Å²) < 4.78 is 20.7. The Hall–Kier alpha value is -2.32. The number of thioether (sulfide) groups is 1. The maximum atomic E-state index is 14.7. The lowest BCUT2D eigenvalue weighted by Crippen LogP contribution is -2.44. The highest BCUT2D eigenvalue weighted by atomic mass is 79.9. The second-order valence-corrected chi connectivity index (χ2v) is 10.6. The lowest BCUT2D eigenvalue weighted by molar-refractivity contribution is 0.124. The molecule has 5 nitrogen and oxygen atoms in total. The highest BCUT2D eigenvalue weighted by Gasteiger charge is 2.40. The molecule has 0 bridgehead atoms. The van der Waals surface area contributed by atoms with Gasteiger partial charge in [0.2, 0.25) is 0 Å². The fourth-order valence-corrected chi connectivity index (χ4v) is 5.12. The fourth-order valence-electron chi connectivity index (χ4n) is 3.76. The topological polar surface area (TPSA) is 62.1 Å². The van der Waals surface area contributed by atoms with Crippen molar-refractivity contribution in [3.8, 4) is 5.75 Å². The van der Waals surface area contributed by atoms with Gasteiger partial charge in [-0.15, -0.1) is 0 Å². The van der Waals surface area contributed by atoms with Crippen molar-refractivity contribution in [3.05, 3.63) is 75.4 Å². The van der Waals surface area contributed by atoms with Crippen molar-refractivity contribution < 1.29 is 19.0 Å². The lowest BCUT2D eigenvalue weighted by Gasteiger charge is -2.40. The molecule has 1 aliphatic heterocycles. The van der Waals surface area contributed by atoms with E-state index in [0.29, 0.717) is 11.3 Å². The summed E-state index contributed by atoms with van der Waals surface area (Å²) in [6, 6.07) is 11.5. The van der Waals surface area contributed by atoms with E-state index in [4.69, 9.17) is 9.73 Å². The van der Waals surface area contributed by atoms with Crippen LogP contribution in [-0.4, -0.2) is 28.4 Å². The van der Waals surface area contributed by atoms with Crippen LogP contribution in [0.3, 0.4) is 0 Å². The molecular formula is C24H26BrFN2O3S. The molecule has 0 spiro atoms. The van der Waals surface area contributed by atoms with Crippen molar-refractivity contribution in [3.63, 3.8) is 0 Å². The molecule has 2 aromatic carbocycles. The van der Waals surface area contributed by atoms with E-state index in [1.807, 2.05) is 45.0 Å². The number of rotatable bonds is 4. The normalized spacial score (nSPS) is 19.3. The van der Waals surface area contributed by atoms with E-state index in [2.05, 4.69) is 15.9 Å². The maximum absolute atomic E-state index is 14.7. The van der Waals surface area contributed by atoms with Crippen molar-refractivity contribution in [2.45, 2.75) is 39.3 Å². The van der Waals surface area contributed by atoms with Gasteiger partial charge in [0.1, 0.15) is 17.1 Å². The van der Waals surface area contributed by atoms with E-state index in [1.165, 1.54) is 22.7 Å². The first-order valence-electron chi connectivity index (χ1n) is 10.0. The predicted octanol–water partition coefficient (Wildman–Crippen LogP) is 7.20. The first-order valence-corrected chi connectivity index (χ1v) is 11.7. The summed E-state index contributed by atoms with van der Waals surface area (Å²) in [6.07, 6.45) is 0.658. The Morgan fingerprint density at radius 2 is 1.91 bits per heavy atom.